The van der Waals surface area contributed by atoms with Crippen molar-refractivity contribution in [3.05, 3.63) is 83.0 Å². The molecule has 2 heterocycles. The monoisotopic (exact) mass is 405 g/mol. The minimum Gasteiger partial charge on any atom is -0.338 e. The van der Waals surface area contributed by atoms with Gasteiger partial charge in [0.1, 0.15) is 4.90 Å². The molecule has 0 saturated heterocycles. The zero-order valence-corrected chi connectivity index (χ0v) is 17.7. The first-order valence-corrected chi connectivity index (χ1v) is 10.9. The van der Waals surface area contributed by atoms with Crippen molar-refractivity contribution >= 4 is 26.9 Å². The molecule has 0 atom stereocenters. The van der Waals surface area contributed by atoms with Gasteiger partial charge in [0.05, 0.1) is 10.4 Å². The maximum Gasteiger partial charge on any atom is 0.212 e. The minimum absolute atomic E-state index is 0.189. The third kappa shape index (κ3) is 3.51. The standard InChI is InChI=1S/C23H23N3O2S/c1-15-5-9-19(10-6-15)24-23-22(21-14-17(3)13-18(4)26(21)25-23)29(27,28)20-11-7-16(2)8-12-20/h5-14H,1-4H3,(H,24,25). The summed E-state index contributed by atoms with van der Waals surface area (Å²) in [5, 5.41) is 7.82. The van der Waals surface area contributed by atoms with Gasteiger partial charge < -0.3 is 5.32 Å². The van der Waals surface area contributed by atoms with Crippen LogP contribution in [0.1, 0.15) is 22.4 Å². The molecule has 4 rings (SSSR count). The predicted molar refractivity (Wildman–Crippen MR) is 116 cm³/mol. The van der Waals surface area contributed by atoms with E-state index < -0.39 is 9.84 Å². The van der Waals surface area contributed by atoms with Crippen LogP contribution in [0.5, 0.6) is 0 Å². The van der Waals surface area contributed by atoms with Gasteiger partial charge in [-0.3, -0.25) is 0 Å². The Labute approximate surface area is 170 Å². The molecule has 4 aromatic rings. The Hall–Kier alpha value is -3.12. The molecule has 2 aromatic carbocycles. The van der Waals surface area contributed by atoms with Gasteiger partial charge in [-0.1, -0.05) is 35.4 Å². The molecule has 29 heavy (non-hydrogen) atoms. The zero-order valence-electron chi connectivity index (χ0n) is 16.9. The van der Waals surface area contributed by atoms with Gasteiger partial charge in [0.2, 0.25) is 9.84 Å². The third-order valence-corrected chi connectivity index (χ3v) is 6.76. The van der Waals surface area contributed by atoms with E-state index in [1.807, 2.05) is 76.2 Å². The molecule has 0 amide bonds. The highest BCUT2D eigenvalue weighted by molar-refractivity contribution is 7.91. The highest BCUT2D eigenvalue weighted by Crippen LogP contribution is 2.34. The fourth-order valence-corrected chi connectivity index (χ4v) is 4.91. The lowest BCUT2D eigenvalue weighted by molar-refractivity contribution is 0.597. The number of hydrogen-bond acceptors (Lipinski definition) is 4. The number of fused-ring (bicyclic) bond motifs is 1. The highest BCUT2D eigenvalue weighted by atomic mass is 32.2. The number of anilines is 2. The normalized spacial score (nSPS) is 11.7. The molecule has 5 nitrogen and oxygen atoms in total. The summed E-state index contributed by atoms with van der Waals surface area (Å²) in [5.41, 5.74) is 5.35. The topological polar surface area (TPSA) is 63.5 Å². The summed E-state index contributed by atoms with van der Waals surface area (Å²) in [4.78, 5) is 0.442. The zero-order chi connectivity index (χ0) is 20.8. The van der Waals surface area contributed by atoms with E-state index in [1.165, 1.54) is 0 Å². The Bertz CT molecular complexity index is 1300. The van der Waals surface area contributed by atoms with Gasteiger partial charge in [-0.15, -0.1) is 5.10 Å². The van der Waals surface area contributed by atoms with Crippen LogP contribution in [0.25, 0.3) is 5.52 Å². The number of benzene rings is 2. The van der Waals surface area contributed by atoms with E-state index in [0.29, 0.717) is 11.3 Å². The van der Waals surface area contributed by atoms with Crippen molar-refractivity contribution in [2.45, 2.75) is 37.5 Å². The van der Waals surface area contributed by atoms with E-state index in [-0.39, 0.29) is 9.79 Å². The summed E-state index contributed by atoms with van der Waals surface area (Å²) in [6, 6.07) is 18.5. The molecule has 0 spiro atoms. The van der Waals surface area contributed by atoms with E-state index in [4.69, 9.17) is 0 Å². The van der Waals surface area contributed by atoms with E-state index in [2.05, 4.69) is 10.4 Å². The van der Waals surface area contributed by atoms with Crippen molar-refractivity contribution in [1.29, 1.82) is 0 Å². The molecule has 148 valence electrons. The second-order valence-electron chi connectivity index (χ2n) is 7.46. The second-order valence-corrected chi connectivity index (χ2v) is 9.34. The first kappa shape index (κ1) is 19.2. The number of nitrogens with zero attached hydrogens (tertiary/aromatic N) is 2. The summed E-state index contributed by atoms with van der Waals surface area (Å²) in [6.07, 6.45) is 0. The Morgan fingerprint density at radius 3 is 2.00 bits per heavy atom. The van der Waals surface area contributed by atoms with Gasteiger partial charge in [0.25, 0.3) is 0 Å². The van der Waals surface area contributed by atoms with E-state index >= 15 is 0 Å². The second kappa shape index (κ2) is 7.04. The summed E-state index contributed by atoms with van der Waals surface area (Å²) in [6.45, 7) is 7.82. The lowest BCUT2D eigenvalue weighted by atomic mass is 10.2. The number of aryl methyl sites for hydroxylation is 4. The van der Waals surface area contributed by atoms with Crippen LogP contribution < -0.4 is 5.32 Å². The van der Waals surface area contributed by atoms with E-state index in [0.717, 1.165) is 28.1 Å². The van der Waals surface area contributed by atoms with Gasteiger partial charge in [-0.2, -0.15) is 0 Å². The average Bonchev–Trinajstić information content (AvgIpc) is 3.03. The molecular formula is C23H23N3O2S. The quantitative estimate of drug-likeness (QED) is 0.510. The number of pyridine rings is 1. The molecule has 6 heteroatoms. The Morgan fingerprint density at radius 2 is 1.38 bits per heavy atom. The van der Waals surface area contributed by atoms with Gasteiger partial charge in [0.15, 0.2) is 5.82 Å². The summed E-state index contributed by atoms with van der Waals surface area (Å²) >= 11 is 0. The fourth-order valence-electron chi connectivity index (χ4n) is 3.42. The lowest BCUT2D eigenvalue weighted by Gasteiger charge is -2.09. The molecule has 1 N–H and O–H groups in total. The lowest BCUT2D eigenvalue weighted by Crippen LogP contribution is -2.05. The Kier molecular flexibility index (Phi) is 4.67. The van der Waals surface area contributed by atoms with Crippen LogP contribution in [0.4, 0.5) is 11.5 Å². The average molecular weight is 406 g/mol. The number of sulfone groups is 1. The molecule has 2 aromatic heterocycles. The molecule has 0 radical (unpaired) electrons. The van der Waals surface area contributed by atoms with Gasteiger partial charge in [-0.25, -0.2) is 12.9 Å². The smallest absolute Gasteiger partial charge is 0.212 e. The molecule has 0 bridgehead atoms. The SMILES string of the molecule is Cc1ccc(Nc2nn3c(C)cc(C)cc3c2S(=O)(=O)c2ccc(C)cc2)cc1. The summed E-state index contributed by atoms with van der Waals surface area (Å²) < 4.78 is 28.9. The molecule has 0 unspecified atom stereocenters. The minimum atomic E-state index is -3.78. The summed E-state index contributed by atoms with van der Waals surface area (Å²) in [5.74, 6) is 0.322. The predicted octanol–water partition coefficient (Wildman–Crippen LogP) is 5.14. The number of aromatic nitrogens is 2. The van der Waals surface area contributed by atoms with Crippen molar-refractivity contribution in [2.75, 3.05) is 5.32 Å². The third-order valence-electron chi connectivity index (χ3n) is 4.93. The van der Waals surface area contributed by atoms with Crippen LogP contribution >= 0.6 is 0 Å². The van der Waals surface area contributed by atoms with E-state index in [9.17, 15) is 8.42 Å². The van der Waals surface area contributed by atoms with Crippen LogP contribution in [0.15, 0.2) is 70.5 Å². The number of nitrogens with one attached hydrogen (secondary N) is 1. The van der Waals surface area contributed by atoms with Crippen molar-refractivity contribution in [1.82, 2.24) is 9.61 Å². The summed E-state index contributed by atoms with van der Waals surface area (Å²) in [7, 11) is -3.78. The maximum absolute atomic E-state index is 13.6. The van der Waals surface area contributed by atoms with Crippen LogP contribution in [0.3, 0.4) is 0 Å². The van der Waals surface area contributed by atoms with Crippen LogP contribution in [-0.2, 0) is 9.84 Å². The molecule has 0 aliphatic carbocycles. The van der Waals surface area contributed by atoms with Gasteiger partial charge >= 0.3 is 0 Å². The highest BCUT2D eigenvalue weighted by Gasteiger charge is 2.28. The fraction of sp³-hybridized carbons (Fsp3) is 0.174. The molecule has 0 saturated carbocycles. The van der Waals surface area contributed by atoms with Crippen LogP contribution in [0.2, 0.25) is 0 Å². The molecule has 0 aliphatic heterocycles. The Morgan fingerprint density at radius 1 is 0.793 bits per heavy atom. The molecule has 0 aliphatic rings. The van der Waals surface area contributed by atoms with Crippen molar-refractivity contribution in [3.63, 3.8) is 0 Å². The van der Waals surface area contributed by atoms with Crippen molar-refractivity contribution in [2.24, 2.45) is 0 Å². The first-order valence-electron chi connectivity index (χ1n) is 9.41. The number of rotatable bonds is 4. The van der Waals surface area contributed by atoms with Crippen LogP contribution in [-0.4, -0.2) is 18.0 Å². The van der Waals surface area contributed by atoms with Crippen molar-refractivity contribution < 1.29 is 8.42 Å². The van der Waals surface area contributed by atoms with Crippen LogP contribution in [0, 0.1) is 27.7 Å². The molecule has 0 fully saturated rings. The largest absolute Gasteiger partial charge is 0.338 e. The van der Waals surface area contributed by atoms with Gasteiger partial charge in [-0.05, 0) is 69.7 Å². The van der Waals surface area contributed by atoms with E-state index in [1.54, 1.807) is 16.6 Å². The first-order chi connectivity index (χ1) is 13.8. The van der Waals surface area contributed by atoms with Crippen molar-refractivity contribution in [3.8, 4) is 0 Å². The maximum atomic E-state index is 13.6. The van der Waals surface area contributed by atoms with Gasteiger partial charge in [0, 0.05) is 11.4 Å². The molecular weight excluding hydrogens is 382 g/mol. The number of hydrogen-bond donors (Lipinski definition) is 1. The Balaban J connectivity index is 1.97.